The average Bonchev–Trinajstić information content (AvgIpc) is 2.81. The maximum atomic E-state index is 12.4. The van der Waals surface area contributed by atoms with Gasteiger partial charge >= 0.3 is 7.82 Å². The number of thiol groups is 1. The lowest BCUT2D eigenvalue weighted by atomic mass is 9.77. The van der Waals surface area contributed by atoms with Gasteiger partial charge in [0.1, 0.15) is 5.78 Å². The number of carbonyl (C=O) groups excluding carboxylic acids is 1. The Morgan fingerprint density at radius 1 is 0.853 bits per heavy atom. The SMILES string of the molecule is CCCCCCCCCCCCCCCCCC(=O)C[C@@H](C)C1CCC(OP(=O)(O)OS)CC1. The normalized spacial score (nSPS) is 21.3. The Morgan fingerprint density at radius 3 is 1.74 bits per heavy atom. The topological polar surface area (TPSA) is 72.8 Å². The van der Waals surface area contributed by atoms with E-state index in [2.05, 4.69) is 30.7 Å². The molecule has 1 aliphatic carbocycles. The van der Waals surface area contributed by atoms with Crippen LogP contribution in [-0.4, -0.2) is 16.8 Å². The Kier molecular flexibility index (Phi) is 19.1. The Bertz CT molecular complexity index is 551. The zero-order chi connectivity index (χ0) is 25.1. The second-order valence-corrected chi connectivity index (χ2v) is 12.4. The van der Waals surface area contributed by atoms with E-state index < -0.39 is 7.82 Å². The number of unbranched alkanes of at least 4 members (excludes halogenated alkanes) is 14. The van der Waals surface area contributed by atoms with E-state index in [1.54, 1.807) is 0 Å². The molecule has 0 spiro atoms. The lowest BCUT2D eigenvalue weighted by Crippen LogP contribution is -2.25. The Hall–Kier alpha value is 0.130. The summed E-state index contributed by atoms with van der Waals surface area (Å²) in [6.45, 7) is 4.44. The summed E-state index contributed by atoms with van der Waals surface area (Å²) in [5.41, 5.74) is 0. The molecular weight excluding hydrogens is 467 g/mol. The zero-order valence-electron chi connectivity index (χ0n) is 22.1. The second-order valence-electron chi connectivity index (χ2n) is 10.6. The fourth-order valence-electron chi connectivity index (χ4n) is 5.29. The van der Waals surface area contributed by atoms with Gasteiger partial charge < -0.3 is 4.89 Å². The van der Waals surface area contributed by atoms with Gasteiger partial charge in [-0.1, -0.05) is 104 Å². The molecule has 0 aliphatic heterocycles. The van der Waals surface area contributed by atoms with Crippen LogP contribution in [0.25, 0.3) is 0 Å². The zero-order valence-corrected chi connectivity index (χ0v) is 23.8. The number of carbonyl (C=O) groups is 1. The van der Waals surface area contributed by atoms with Gasteiger partial charge in [-0.15, -0.1) is 0 Å². The van der Waals surface area contributed by atoms with Gasteiger partial charge in [-0.05, 0) is 56.8 Å². The predicted molar refractivity (Wildman–Crippen MR) is 145 cm³/mol. The lowest BCUT2D eigenvalue weighted by molar-refractivity contribution is -0.120. The molecule has 1 N–H and O–H groups in total. The van der Waals surface area contributed by atoms with Crippen molar-refractivity contribution in [1.29, 1.82) is 0 Å². The summed E-state index contributed by atoms with van der Waals surface area (Å²) >= 11 is 3.39. The summed E-state index contributed by atoms with van der Waals surface area (Å²) in [6, 6.07) is 0. The maximum absolute atomic E-state index is 12.4. The molecule has 0 heterocycles. The number of ketones is 1. The molecule has 0 saturated heterocycles. The van der Waals surface area contributed by atoms with Crippen molar-refractivity contribution in [2.24, 2.45) is 11.8 Å². The number of rotatable bonds is 22. The highest BCUT2D eigenvalue weighted by molar-refractivity contribution is 7.80. The van der Waals surface area contributed by atoms with Crippen molar-refractivity contribution >= 4 is 26.5 Å². The van der Waals surface area contributed by atoms with Crippen LogP contribution in [0.1, 0.15) is 149 Å². The van der Waals surface area contributed by atoms with Crippen LogP contribution in [0.2, 0.25) is 0 Å². The molecule has 34 heavy (non-hydrogen) atoms. The molecule has 1 rings (SSSR count). The van der Waals surface area contributed by atoms with E-state index in [4.69, 9.17) is 4.52 Å². The van der Waals surface area contributed by atoms with Crippen molar-refractivity contribution in [3.63, 3.8) is 0 Å². The standard InChI is InChI=1S/C27H53O5PS/c1-3-4-5-6-7-8-9-10-11-12-13-14-15-16-17-18-26(28)23-24(2)25-19-21-27(22-20-25)31-33(29,30)32-34/h24-25,27,34H,3-23H2,1-2H3,(H,29,30)/t24-,25?,27?/m1/s1. The Balaban J connectivity index is 1.93. The van der Waals surface area contributed by atoms with Crippen LogP contribution in [-0.2, 0) is 17.9 Å². The molecule has 0 radical (unpaired) electrons. The third-order valence-electron chi connectivity index (χ3n) is 7.52. The molecule has 5 nitrogen and oxygen atoms in total. The number of phosphoric ester groups is 1. The molecule has 1 fully saturated rings. The first-order chi connectivity index (χ1) is 16.4. The molecule has 1 unspecified atom stereocenters. The molecule has 0 aromatic heterocycles. The van der Waals surface area contributed by atoms with Gasteiger partial charge in [0.2, 0.25) is 0 Å². The molecular formula is C27H53O5PS. The first-order valence-corrected chi connectivity index (χ1v) is 16.1. The van der Waals surface area contributed by atoms with Crippen LogP contribution in [0.5, 0.6) is 0 Å². The minimum atomic E-state index is -4.03. The third kappa shape index (κ3) is 16.7. The van der Waals surface area contributed by atoms with Crippen LogP contribution in [0.4, 0.5) is 0 Å². The van der Waals surface area contributed by atoms with Crippen molar-refractivity contribution in [1.82, 2.24) is 0 Å². The third-order valence-corrected chi connectivity index (χ3v) is 8.91. The number of hydrogen-bond acceptors (Lipinski definition) is 5. The van der Waals surface area contributed by atoms with Crippen molar-refractivity contribution < 1.29 is 22.7 Å². The minimum absolute atomic E-state index is 0.262. The largest absolute Gasteiger partial charge is 0.483 e. The number of phosphoric acid groups is 1. The molecule has 1 aliphatic rings. The van der Waals surface area contributed by atoms with Crippen LogP contribution in [0, 0.1) is 11.8 Å². The number of hydrogen-bond donors (Lipinski definition) is 2. The van der Waals surface area contributed by atoms with E-state index in [-0.39, 0.29) is 6.10 Å². The predicted octanol–water partition coefficient (Wildman–Crippen LogP) is 9.38. The van der Waals surface area contributed by atoms with Crippen LogP contribution in [0.15, 0.2) is 0 Å². The Morgan fingerprint density at radius 2 is 1.29 bits per heavy atom. The molecule has 0 aromatic rings. The van der Waals surface area contributed by atoms with E-state index in [0.717, 1.165) is 32.1 Å². The summed E-state index contributed by atoms with van der Waals surface area (Å²) in [5.74, 6) is 1.25. The summed E-state index contributed by atoms with van der Waals surface area (Å²) in [4.78, 5) is 21.8. The quantitative estimate of drug-likeness (QED) is 0.0644. The maximum Gasteiger partial charge on any atom is 0.483 e. The number of Topliss-reactive ketones (excluding diaryl/α,β-unsaturated/α-hetero) is 1. The molecule has 0 bridgehead atoms. The fourth-order valence-corrected chi connectivity index (χ4v) is 6.03. The molecule has 2 atom stereocenters. The van der Waals surface area contributed by atoms with E-state index in [1.165, 1.54) is 89.9 Å². The smallest absolute Gasteiger partial charge is 0.302 e. The summed E-state index contributed by atoms with van der Waals surface area (Å²) in [6.07, 6.45) is 24.5. The minimum Gasteiger partial charge on any atom is -0.302 e. The van der Waals surface area contributed by atoms with Gasteiger partial charge in [-0.3, -0.25) is 9.32 Å². The van der Waals surface area contributed by atoms with E-state index in [9.17, 15) is 14.3 Å². The van der Waals surface area contributed by atoms with Crippen molar-refractivity contribution in [2.45, 2.75) is 155 Å². The van der Waals surface area contributed by atoms with Gasteiger partial charge in [-0.25, -0.2) is 8.54 Å². The van der Waals surface area contributed by atoms with Crippen LogP contribution < -0.4 is 0 Å². The summed E-state index contributed by atoms with van der Waals surface area (Å²) in [7, 11) is -4.03. The average molecular weight is 521 g/mol. The fraction of sp³-hybridized carbons (Fsp3) is 0.963. The first-order valence-electron chi connectivity index (χ1n) is 14.2. The highest BCUT2D eigenvalue weighted by Crippen LogP contribution is 2.48. The summed E-state index contributed by atoms with van der Waals surface area (Å²) < 4.78 is 20.8. The monoisotopic (exact) mass is 520 g/mol. The van der Waals surface area contributed by atoms with E-state index in [0.29, 0.717) is 30.5 Å². The Labute approximate surface area is 215 Å². The van der Waals surface area contributed by atoms with Gasteiger partial charge in [0.05, 0.1) is 6.10 Å². The van der Waals surface area contributed by atoms with Gasteiger partial charge in [0, 0.05) is 12.8 Å². The summed E-state index contributed by atoms with van der Waals surface area (Å²) in [5, 5.41) is 0. The lowest BCUT2D eigenvalue weighted by Gasteiger charge is -2.32. The molecule has 0 aromatic carbocycles. The van der Waals surface area contributed by atoms with Crippen molar-refractivity contribution in [2.75, 3.05) is 0 Å². The van der Waals surface area contributed by atoms with E-state index >= 15 is 0 Å². The molecule has 7 heteroatoms. The van der Waals surface area contributed by atoms with Crippen LogP contribution in [0.3, 0.4) is 0 Å². The highest BCUT2D eigenvalue weighted by Gasteiger charge is 2.31. The van der Waals surface area contributed by atoms with Gasteiger partial charge in [-0.2, -0.15) is 0 Å². The second kappa shape index (κ2) is 20.2. The first kappa shape index (κ1) is 32.2. The van der Waals surface area contributed by atoms with Gasteiger partial charge in [0.15, 0.2) is 0 Å². The molecule has 0 amide bonds. The van der Waals surface area contributed by atoms with Gasteiger partial charge in [0.25, 0.3) is 0 Å². The van der Waals surface area contributed by atoms with Crippen molar-refractivity contribution in [3.05, 3.63) is 0 Å². The van der Waals surface area contributed by atoms with E-state index in [1.807, 2.05) is 0 Å². The molecule has 1 saturated carbocycles. The van der Waals surface area contributed by atoms with Crippen molar-refractivity contribution in [3.8, 4) is 0 Å². The molecule has 202 valence electrons. The van der Waals surface area contributed by atoms with Crippen LogP contribution >= 0.6 is 20.7 Å². The highest BCUT2D eigenvalue weighted by atomic mass is 32.1.